The third-order valence-corrected chi connectivity index (χ3v) is 9.49. The molecule has 0 heterocycles. The minimum Gasteiger partial charge on any atom is -0.457 e. The van der Waals surface area contributed by atoms with Crippen LogP contribution in [0.5, 0.6) is 23.0 Å². The molecule has 0 spiro atoms. The Morgan fingerprint density at radius 2 is 0.681 bits per heavy atom. The first kappa shape index (κ1) is 35.9. The Morgan fingerprint density at radius 3 is 1.00 bits per heavy atom. The van der Waals surface area contributed by atoms with Gasteiger partial charge < -0.3 is 20.9 Å². The van der Waals surface area contributed by atoms with Gasteiger partial charge in [0.15, 0.2) is 0 Å². The summed E-state index contributed by atoms with van der Waals surface area (Å²) in [6.07, 6.45) is 21.7. The van der Waals surface area contributed by atoms with Gasteiger partial charge in [0.2, 0.25) is 0 Å². The first-order valence-electron chi connectivity index (χ1n) is 18.2. The molecule has 0 aliphatic rings. The smallest absolute Gasteiger partial charge is 0.127 e. The summed E-state index contributed by atoms with van der Waals surface area (Å²) in [5.74, 6) is 3.20. The van der Waals surface area contributed by atoms with Crippen LogP contribution in [0.3, 0.4) is 0 Å². The lowest BCUT2D eigenvalue weighted by atomic mass is 9.72. The molecule has 0 bridgehead atoms. The molecule has 0 saturated carbocycles. The number of hydrogen-bond acceptors (Lipinski definition) is 4. The van der Waals surface area contributed by atoms with Crippen molar-refractivity contribution in [2.45, 2.75) is 122 Å². The summed E-state index contributed by atoms with van der Waals surface area (Å²) in [5, 5.41) is 0. The van der Waals surface area contributed by atoms with Gasteiger partial charge in [-0.15, -0.1) is 0 Å². The molecule has 0 aliphatic carbocycles. The predicted molar refractivity (Wildman–Crippen MR) is 201 cm³/mol. The number of benzene rings is 4. The third-order valence-electron chi connectivity index (χ3n) is 9.49. The second kappa shape index (κ2) is 19.7. The Morgan fingerprint density at radius 1 is 0.404 bits per heavy atom. The van der Waals surface area contributed by atoms with E-state index in [1.165, 1.54) is 107 Å². The molecule has 4 rings (SSSR count). The number of nitrogen functional groups attached to an aromatic ring is 2. The van der Waals surface area contributed by atoms with Crippen molar-refractivity contribution >= 4 is 11.4 Å². The Hall–Kier alpha value is -3.92. The number of rotatable bonds is 22. The van der Waals surface area contributed by atoms with Crippen molar-refractivity contribution < 1.29 is 9.47 Å². The van der Waals surface area contributed by atoms with Crippen LogP contribution >= 0.6 is 0 Å². The highest BCUT2D eigenvalue weighted by atomic mass is 16.5. The lowest BCUT2D eigenvalue weighted by Crippen LogP contribution is -2.23. The molecular formula is C43H58N2O2. The fraction of sp³-hybridized carbons (Fsp3) is 0.442. The minimum absolute atomic E-state index is 0.129. The van der Waals surface area contributed by atoms with E-state index in [-0.39, 0.29) is 5.41 Å². The summed E-state index contributed by atoms with van der Waals surface area (Å²) in [4.78, 5) is 0. The van der Waals surface area contributed by atoms with Gasteiger partial charge in [-0.2, -0.15) is 0 Å². The SMILES string of the molecule is CCCCCCCCCCCCCCCCCC(C)(c1ccc(Oc2ccc(N)cc2)cc1)c1ccc(Oc2ccc(N)cc2)cc1. The van der Waals surface area contributed by atoms with Crippen LogP contribution in [0.15, 0.2) is 97.1 Å². The highest BCUT2D eigenvalue weighted by Gasteiger charge is 2.28. The van der Waals surface area contributed by atoms with E-state index in [0.717, 1.165) is 40.8 Å². The van der Waals surface area contributed by atoms with Crippen LogP contribution in [-0.4, -0.2) is 0 Å². The summed E-state index contributed by atoms with van der Waals surface area (Å²) < 4.78 is 12.2. The van der Waals surface area contributed by atoms with Crippen LogP contribution in [0.4, 0.5) is 11.4 Å². The molecule has 0 radical (unpaired) electrons. The molecule has 0 fully saturated rings. The number of unbranched alkanes of at least 4 members (excludes halogenated alkanes) is 14. The molecule has 0 aromatic heterocycles. The van der Waals surface area contributed by atoms with Crippen molar-refractivity contribution in [1.29, 1.82) is 0 Å². The van der Waals surface area contributed by atoms with E-state index in [1.54, 1.807) is 0 Å². The number of hydrogen-bond donors (Lipinski definition) is 2. The first-order valence-corrected chi connectivity index (χ1v) is 18.2. The zero-order valence-electron chi connectivity index (χ0n) is 29.0. The van der Waals surface area contributed by atoms with E-state index in [2.05, 4.69) is 62.4 Å². The maximum absolute atomic E-state index is 6.10. The monoisotopic (exact) mass is 634 g/mol. The van der Waals surface area contributed by atoms with E-state index >= 15 is 0 Å². The van der Waals surface area contributed by atoms with Crippen LogP contribution in [0.2, 0.25) is 0 Å². The summed E-state index contributed by atoms with van der Waals surface area (Å²) in [7, 11) is 0. The zero-order chi connectivity index (χ0) is 33.2. The molecule has 0 atom stereocenters. The highest BCUT2D eigenvalue weighted by Crippen LogP contribution is 2.39. The molecule has 4 aromatic carbocycles. The van der Waals surface area contributed by atoms with Crippen LogP contribution in [0.25, 0.3) is 0 Å². The highest BCUT2D eigenvalue weighted by molar-refractivity contribution is 5.47. The predicted octanol–water partition coefficient (Wildman–Crippen LogP) is 13.0. The van der Waals surface area contributed by atoms with Crippen molar-refractivity contribution in [1.82, 2.24) is 0 Å². The standard InChI is InChI=1S/C43H58N2O2/c1-3-4-5-6-7-8-9-10-11-12-13-14-15-16-17-34-43(2,35-18-26-39(27-19-35)46-41-30-22-37(44)23-31-41)36-20-28-40(29-21-36)47-42-32-24-38(45)25-33-42/h18-33H,3-17,34,44-45H2,1-2H3. The fourth-order valence-corrected chi connectivity index (χ4v) is 6.43. The van der Waals surface area contributed by atoms with Crippen LogP contribution in [-0.2, 0) is 5.41 Å². The van der Waals surface area contributed by atoms with Crippen LogP contribution in [0.1, 0.15) is 128 Å². The summed E-state index contributed by atoms with van der Waals surface area (Å²) in [6, 6.07) is 32.2. The average molecular weight is 635 g/mol. The molecule has 4 heteroatoms. The van der Waals surface area contributed by atoms with Gasteiger partial charge in [0, 0.05) is 16.8 Å². The number of nitrogens with two attached hydrogens (primary N) is 2. The minimum atomic E-state index is -0.129. The fourth-order valence-electron chi connectivity index (χ4n) is 6.43. The van der Waals surface area contributed by atoms with Gasteiger partial charge >= 0.3 is 0 Å². The first-order chi connectivity index (χ1) is 23.0. The second-order valence-corrected chi connectivity index (χ2v) is 13.4. The molecule has 0 amide bonds. The van der Waals surface area contributed by atoms with Gasteiger partial charge in [-0.1, -0.05) is 134 Å². The molecule has 0 aliphatic heterocycles. The van der Waals surface area contributed by atoms with Gasteiger partial charge in [0.1, 0.15) is 23.0 Å². The van der Waals surface area contributed by atoms with Gasteiger partial charge in [-0.3, -0.25) is 0 Å². The largest absolute Gasteiger partial charge is 0.457 e. The van der Waals surface area contributed by atoms with Crippen molar-refractivity contribution in [3.8, 4) is 23.0 Å². The van der Waals surface area contributed by atoms with Gasteiger partial charge in [-0.05, 0) is 90.3 Å². The average Bonchev–Trinajstić information content (AvgIpc) is 3.09. The normalized spacial score (nSPS) is 11.4. The molecule has 47 heavy (non-hydrogen) atoms. The van der Waals surface area contributed by atoms with E-state index in [9.17, 15) is 0 Å². The number of anilines is 2. The maximum atomic E-state index is 6.10. The molecule has 4 N–H and O–H groups in total. The Labute approximate surface area is 284 Å². The van der Waals surface area contributed by atoms with Crippen LogP contribution < -0.4 is 20.9 Å². The van der Waals surface area contributed by atoms with Crippen LogP contribution in [0, 0.1) is 0 Å². The van der Waals surface area contributed by atoms with E-state index < -0.39 is 0 Å². The quantitative estimate of drug-likeness (QED) is 0.0666. The third kappa shape index (κ3) is 12.3. The van der Waals surface area contributed by atoms with Crippen molar-refractivity contribution in [3.05, 3.63) is 108 Å². The Kier molecular flexibility index (Phi) is 15.0. The molecule has 0 unspecified atom stereocenters. The maximum Gasteiger partial charge on any atom is 0.127 e. The van der Waals surface area contributed by atoms with E-state index in [0.29, 0.717) is 0 Å². The summed E-state index contributed by atoms with van der Waals surface area (Å²) in [6.45, 7) is 4.67. The second-order valence-electron chi connectivity index (χ2n) is 13.4. The molecule has 252 valence electrons. The number of ether oxygens (including phenoxy) is 2. The lowest BCUT2D eigenvalue weighted by molar-refractivity contribution is 0.461. The van der Waals surface area contributed by atoms with E-state index in [1.807, 2.05) is 48.5 Å². The topological polar surface area (TPSA) is 70.5 Å². The molecule has 0 saturated heterocycles. The van der Waals surface area contributed by atoms with E-state index in [4.69, 9.17) is 20.9 Å². The summed E-state index contributed by atoms with van der Waals surface area (Å²) >= 11 is 0. The molecule has 4 aromatic rings. The Bertz CT molecular complexity index is 1310. The molecule has 4 nitrogen and oxygen atoms in total. The van der Waals surface area contributed by atoms with Gasteiger partial charge in [-0.25, -0.2) is 0 Å². The van der Waals surface area contributed by atoms with Gasteiger partial charge in [0.25, 0.3) is 0 Å². The van der Waals surface area contributed by atoms with Gasteiger partial charge in [0.05, 0.1) is 0 Å². The lowest BCUT2D eigenvalue weighted by Gasteiger charge is -2.31. The van der Waals surface area contributed by atoms with Crippen molar-refractivity contribution in [2.75, 3.05) is 11.5 Å². The zero-order valence-corrected chi connectivity index (χ0v) is 29.0. The Balaban J connectivity index is 1.29. The van der Waals surface area contributed by atoms with Crippen molar-refractivity contribution in [2.24, 2.45) is 0 Å². The summed E-state index contributed by atoms with van der Waals surface area (Å²) in [5.41, 5.74) is 15.6. The van der Waals surface area contributed by atoms with Crippen molar-refractivity contribution in [3.63, 3.8) is 0 Å². The molecular weight excluding hydrogens is 576 g/mol.